The first kappa shape index (κ1) is 34.4. The van der Waals surface area contributed by atoms with Crippen molar-refractivity contribution in [1.29, 1.82) is 5.41 Å². The largest absolute Gasteiger partial charge is 0.462 e. The van der Waals surface area contributed by atoms with Gasteiger partial charge in [0.25, 0.3) is 0 Å². The summed E-state index contributed by atoms with van der Waals surface area (Å²) in [4.78, 5) is 36.7. The highest BCUT2D eigenvalue weighted by atomic mass is 16.6. The van der Waals surface area contributed by atoms with Gasteiger partial charge in [0.1, 0.15) is 13.2 Å². The van der Waals surface area contributed by atoms with E-state index in [9.17, 15) is 14.4 Å². The zero-order valence-corrected chi connectivity index (χ0v) is 24.5. The number of nitrogens with two attached hydrogens (primary N) is 1. The van der Waals surface area contributed by atoms with Gasteiger partial charge in [-0.25, -0.2) is 4.79 Å². The van der Waals surface area contributed by atoms with E-state index in [2.05, 4.69) is 17.6 Å². The average molecular weight is 553 g/mol. The van der Waals surface area contributed by atoms with Crippen LogP contribution in [0.3, 0.4) is 0 Å². The van der Waals surface area contributed by atoms with Crippen molar-refractivity contribution in [1.82, 2.24) is 10.6 Å². The maximum atomic E-state index is 12.8. The van der Waals surface area contributed by atoms with E-state index in [0.29, 0.717) is 12.0 Å². The lowest BCUT2D eigenvalue weighted by molar-refractivity contribution is -0.150. The van der Waals surface area contributed by atoms with Crippen LogP contribution in [0, 0.1) is 5.41 Å². The lowest BCUT2D eigenvalue weighted by atomic mass is 9.87. The topological polar surface area (TPSA) is 153 Å². The molecule has 0 aromatic heterocycles. The molecule has 0 bridgehead atoms. The van der Waals surface area contributed by atoms with Gasteiger partial charge in [-0.3, -0.25) is 15.0 Å². The van der Waals surface area contributed by atoms with Crippen LogP contribution >= 0.6 is 0 Å². The Kier molecular flexibility index (Phi) is 17.9. The van der Waals surface area contributed by atoms with Crippen molar-refractivity contribution in [2.45, 2.75) is 135 Å². The first-order chi connectivity index (χ1) is 18.7. The van der Waals surface area contributed by atoms with E-state index in [4.69, 9.17) is 25.4 Å². The molecule has 0 spiro atoms. The highest BCUT2D eigenvalue weighted by Gasteiger charge is 2.38. The summed E-state index contributed by atoms with van der Waals surface area (Å²) >= 11 is 0. The number of ether oxygens (including phenoxy) is 3. The van der Waals surface area contributed by atoms with Crippen molar-refractivity contribution in [2.75, 3.05) is 13.2 Å². The molecule has 1 aliphatic rings. The van der Waals surface area contributed by atoms with E-state index in [0.717, 1.165) is 32.1 Å². The normalized spacial score (nSPS) is 18.8. The summed E-state index contributed by atoms with van der Waals surface area (Å²) in [5.41, 5.74) is 5.93. The van der Waals surface area contributed by atoms with Crippen molar-refractivity contribution in [3.8, 4) is 0 Å². The predicted molar refractivity (Wildman–Crippen MR) is 152 cm³/mol. The molecule has 0 saturated carbocycles. The molecule has 1 aliphatic carbocycles. The van der Waals surface area contributed by atoms with E-state index in [1.54, 1.807) is 6.08 Å². The highest BCUT2D eigenvalue weighted by molar-refractivity contribution is 5.89. The molecule has 39 heavy (non-hydrogen) atoms. The van der Waals surface area contributed by atoms with Gasteiger partial charge in [-0.15, -0.1) is 0 Å². The molecule has 1 rings (SSSR count). The van der Waals surface area contributed by atoms with Gasteiger partial charge in [-0.2, -0.15) is 0 Å². The van der Waals surface area contributed by atoms with Crippen LogP contribution in [0.25, 0.3) is 0 Å². The summed E-state index contributed by atoms with van der Waals surface area (Å²) in [5, 5.41) is 13.4. The Morgan fingerprint density at radius 2 is 1.54 bits per heavy atom. The molecule has 1 amide bonds. The quantitative estimate of drug-likeness (QED) is 0.0757. The van der Waals surface area contributed by atoms with Gasteiger partial charge in [0, 0.05) is 25.3 Å². The molecule has 10 nitrogen and oxygen atoms in total. The van der Waals surface area contributed by atoms with Gasteiger partial charge in [0.15, 0.2) is 5.96 Å². The van der Waals surface area contributed by atoms with Crippen LogP contribution in [0.1, 0.15) is 111 Å². The minimum absolute atomic E-state index is 0.00735. The molecule has 5 N–H and O–H groups in total. The Labute approximate surface area is 234 Å². The fourth-order valence-corrected chi connectivity index (χ4v) is 4.73. The number of esters is 2. The molecule has 0 unspecified atom stereocenters. The van der Waals surface area contributed by atoms with Crippen molar-refractivity contribution >= 4 is 23.8 Å². The molecular formula is C29H52N4O6. The van der Waals surface area contributed by atoms with Gasteiger partial charge in [0.05, 0.1) is 24.3 Å². The number of hydrogen-bond donors (Lipinski definition) is 4. The lowest BCUT2D eigenvalue weighted by Gasteiger charge is -2.38. The van der Waals surface area contributed by atoms with E-state index in [-0.39, 0.29) is 43.6 Å². The predicted octanol–water partition coefficient (Wildman–Crippen LogP) is 4.25. The molecular weight excluding hydrogens is 500 g/mol. The second-order valence-electron chi connectivity index (χ2n) is 10.3. The number of nitrogens with one attached hydrogen (secondary N) is 3. The zero-order valence-electron chi connectivity index (χ0n) is 24.5. The smallest absolute Gasteiger partial charge is 0.333 e. The number of carbonyl (C=O) groups is 3. The van der Waals surface area contributed by atoms with Crippen LogP contribution < -0.4 is 16.4 Å². The van der Waals surface area contributed by atoms with E-state index in [1.807, 2.05) is 13.8 Å². The minimum Gasteiger partial charge on any atom is -0.462 e. The molecule has 0 heterocycles. The van der Waals surface area contributed by atoms with E-state index < -0.39 is 24.2 Å². The first-order valence-corrected chi connectivity index (χ1v) is 14.8. The fraction of sp³-hybridized carbons (Fsp3) is 0.793. The maximum Gasteiger partial charge on any atom is 0.333 e. The lowest BCUT2D eigenvalue weighted by Crippen LogP contribution is -2.60. The minimum atomic E-state index is -0.610. The SMILES string of the molecule is CCCCCCCCCCCC(=O)OCCOC(=O)C1=C[C@@H](OC(CC)CC)[C@H](NC(C)=O)[C@@H](NC(=N)N)C1. The first-order valence-electron chi connectivity index (χ1n) is 14.8. The van der Waals surface area contributed by atoms with Crippen LogP contribution in [0.4, 0.5) is 0 Å². The number of rotatable bonds is 20. The van der Waals surface area contributed by atoms with Crippen LogP contribution in [0.15, 0.2) is 11.6 Å². The number of amides is 1. The van der Waals surface area contributed by atoms with Crippen LogP contribution in [0.5, 0.6) is 0 Å². The summed E-state index contributed by atoms with van der Waals surface area (Å²) < 4.78 is 16.8. The van der Waals surface area contributed by atoms with Crippen molar-refractivity contribution in [3.05, 3.63) is 11.6 Å². The molecule has 0 aromatic rings. The molecule has 0 aliphatic heterocycles. The van der Waals surface area contributed by atoms with Crippen molar-refractivity contribution in [2.24, 2.45) is 5.73 Å². The number of guanidine groups is 1. The third kappa shape index (κ3) is 14.9. The summed E-state index contributed by atoms with van der Waals surface area (Å²) in [7, 11) is 0. The van der Waals surface area contributed by atoms with Gasteiger partial charge < -0.3 is 30.6 Å². The van der Waals surface area contributed by atoms with E-state index in [1.165, 1.54) is 45.4 Å². The molecule has 3 atom stereocenters. The standard InChI is InChI=1S/C29H52N4O6/c1-5-8-9-10-11-12-13-14-15-16-26(35)37-17-18-38-28(36)22-19-24(33-29(30)31)27(32-21(4)34)25(20-22)39-23(6-2)7-3/h20,23-25,27H,5-19H2,1-4H3,(H,32,34)(H4,30,31,33)/t24-,25+,27+/m0/s1. The Morgan fingerprint density at radius 1 is 0.949 bits per heavy atom. The molecule has 0 fully saturated rings. The van der Waals surface area contributed by atoms with E-state index >= 15 is 0 Å². The number of unbranched alkanes of at least 4 members (excludes halogenated alkanes) is 8. The number of carbonyl (C=O) groups excluding carboxylic acids is 3. The van der Waals surface area contributed by atoms with Crippen LogP contribution in [-0.2, 0) is 28.6 Å². The Bertz CT molecular complexity index is 784. The van der Waals surface area contributed by atoms with Gasteiger partial charge in [0.2, 0.25) is 5.91 Å². The second-order valence-corrected chi connectivity index (χ2v) is 10.3. The summed E-state index contributed by atoms with van der Waals surface area (Å²) in [5.74, 6) is -1.37. The third-order valence-corrected chi connectivity index (χ3v) is 6.89. The highest BCUT2D eigenvalue weighted by Crippen LogP contribution is 2.25. The monoisotopic (exact) mass is 552 g/mol. The molecule has 10 heteroatoms. The maximum absolute atomic E-state index is 12.8. The van der Waals surface area contributed by atoms with Gasteiger partial charge in [-0.1, -0.05) is 72.1 Å². The summed E-state index contributed by atoms with van der Waals surface area (Å²) in [6.07, 6.45) is 13.7. The zero-order chi connectivity index (χ0) is 29.0. The third-order valence-electron chi connectivity index (χ3n) is 6.89. The number of hydrogen-bond acceptors (Lipinski definition) is 7. The Balaban J connectivity index is 2.54. The van der Waals surface area contributed by atoms with Crippen LogP contribution in [0.2, 0.25) is 0 Å². The molecule has 0 saturated heterocycles. The van der Waals surface area contributed by atoms with Gasteiger partial charge >= 0.3 is 11.9 Å². The summed E-state index contributed by atoms with van der Waals surface area (Å²) in [6, 6.07) is -1.06. The Hall–Kier alpha value is -2.62. The molecule has 224 valence electrons. The van der Waals surface area contributed by atoms with Crippen molar-refractivity contribution < 1.29 is 28.6 Å². The van der Waals surface area contributed by atoms with Crippen molar-refractivity contribution in [3.63, 3.8) is 0 Å². The average Bonchev–Trinajstić information content (AvgIpc) is 2.89. The summed E-state index contributed by atoms with van der Waals surface area (Å²) in [6.45, 7) is 7.57. The van der Waals surface area contributed by atoms with Crippen LogP contribution in [-0.4, -0.2) is 61.3 Å². The Morgan fingerprint density at radius 3 is 2.10 bits per heavy atom. The van der Waals surface area contributed by atoms with Gasteiger partial charge in [-0.05, 0) is 25.3 Å². The molecule has 0 radical (unpaired) electrons. The fourth-order valence-electron chi connectivity index (χ4n) is 4.73. The second kappa shape index (κ2) is 20.3. The molecule has 0 aromatic carbocycles.